The van der Waals surface area contributed by atoms with Gasteiger partial charge in [-0.15, -0.1) is 11.3 Å². The van der Waals surface area contributed by atoms with E-state index in [1.165, 1.54) is 23.3 Å². The molecule has 0 bridgehead atoms. The first-order chi connectivity index (χ1) is 8.96. The van der Waals surface area contributed by atoms with E-state index in [-0.39, 0.29) is 11.4 Å². The number of hydrogen-bond donors (Lipinski definition) is 2. The monoisotopic (exact) mass is 280 g/mol. The molecule has 1 aliphatic carbocycles. The fraction of sp³-hybridized carbons (Fsp3) is 0.667. The molecule has 1 atom stereocenters. The molecule has 0 fully saturated rings. The Bertz CT molecular complexity index is 443. The summed E-state index contributed by atoms with van der Waals surface area (Å²) in [6.07, 6.45) is 4.75. The topological polar surface area (TPSA) is 55.1 Å². The van der Waals surface area contributed by atoms with Crippen molar-refractivity contribution in [3.8, 4) is 0 Å². The van der Waals surface area contributed by atoms with Crippen molar-refractivity contribution in [3.63, 3.8) is 0 Å². The molecule has 19 heavy (non-hydrogen) atoms. The molecule has 1 heterocycles. The first kappa shape index (κ1) is 14.5. The van der Waals surface area contributed by atoms with Gasteiger partial charge in [0.2, 0.25) is 0 Å². The van der Waals surface area contributed by atoms with Crippen LogP contribution < -0.4 is 11.1 Å². The van der Waals surface area contributed by atoms with Crippen LogP contribution in [0.1, 0.15) is 53.7 Å². The Labute approximate surface area is 119 Å². The van der Waals surface area contributed by atoms with Gasteiger partial charge < -0.3 is 11.1 Å². The number of aryl methyl sites for hydroxylation is 2. The molecule has 1 amide bonds. The molecule has 0 saturated carbocycles. The number of amides is 1. The van der Waals surface area contributed by atoms with Gasteiger partial charge in [0, 0.05) is 11.4 Å². The van der Waals surface area contributed by atoms with E-state index < -0.39 is 0 Å². The second-order valence-corrected chi connectivity index (χ2v) is 7.13. The van der Waals surface area contributed by atoms with E-state index >= 15 is 0 Å². The van der Waals surface area contributed by atoms with Crippen LogP contribution in [0.25, 0.3) is 0 Å². The molecule has 1 aromatic heterocycles. The maximum absolute atomic E-state index is 12.4. The molecule has 1 aromatic rings. The lowest BCUT2D eigenvalue weighted by Gasteiger charge is -2.33. The van der Waals surface area contributed by atoms with E-state index in [1.807, 2.05) is 6.92 Å². The third-order valence-corrected chi connectivity index (χ3v) is 5.55. The zero-order chi connectivity index (χ0) is 14.0. The van der Waals surface area contributed by atoms with Gasteiger partial charge in [0.25, 0.3) is 5.91 Å². The van der Waals surface area contributed by atoms with Gasteiger partial charge in [0.1, 0.15) is 0 Å². The summed E-state index contributed by atoms with van der Waals surface area (Å²) in [6.45, 7) is 6.66. The zero-order valence-corrected chi connectivity index (χ0v) is 12.9. The van der Waals surface area contributed by atoms with E-state index in [0.717, 1.165) is 17.7 Å². The molecule has 0 aliphatic heterocycles. The minimum Gasteiger partial charge on any atom is -0.345 e. The Hall–Kier alpha value is -0.870. The van der Waals surface area contributed by atoms with Crippen LogP contribution in [0.2, 0.25) is 0 Å². The number of nitrogens with two attached hydrogens (primary N) is 1. The molecule has 0 aromatic carbocycles. The number of hydrogen-bond acceptors (Lipinski definition) is 3. The number of nitrogens with one attached hydrogen (secondary N) is 1. The largest absolute Gasteiger partial charge is 0.345 e. The van der Waals surface area contributed by atoms with Gasteiger partial charge in [-0.1, -0.05) is 13.8 Å². The fourth-order valence-electron chi connectivity index (χ4n) is 2.35. The first-order valence-electron chi connectivity index (χ1n) is 7.10. The molecule has 0 radical (unpaired) electrons. The summed E-state index contributed by atoms with van der Waals surface area (Å²) in [5.74, 6) is 0.345. The van der Waals surface area contributed by atoms with Gasteiger partial charge in [0.05, 0.1) is 10.4 Å². The number of carbonyl (C=O) groups is 1. The average Bonchev–Trinajstić information content (AvgIpc) is 2.82. The van der Waals surface area contributed by atoms with Crippen LogP contribution in [0.5, 0.6) is 0 Å². The number of carbonyl (C=O) groups excluding carboxylic acids is 1. The van der Waals surface area contributed by atoms with Gasteiger partial charge in [-0.25, -0.2) is 0 Å². The van der Waals surface area contributed by atoms with E-state index in [0.29, 0.717) is 12.5 Å². The lowest BCUT2D eigenvalue weighted by Crippen LogP contribution is -2.54. The second kappa shape index (κ2) is 5.63. The number of thiophene rings is 1. The maximum Gasteiger partial charge on any atom is 0.261 e. The lowest BCUT2D eigenvalue weighted by molar-refractivity contribution is 0.0887. The third-order valence-electron chi connectivity index (χ3n) is 4.32. The van der Waals surface area contributed by atoms with Crippen molar-refractivity contribution in [2.45, 2.75) is 52.0 Å². The molecule has 1 aliphatic rings. The standard InChI is InChI=1S/C15H24N2OS/c1-10(2)15(3,9-16)17-14(18)13-8-11-6-4-5-7-12(11)19-13/h8,10H,4-7,9,16H2,1-3H3,(H,17,18). The van der Waals surface area contributed by atoms with Crippen molar-refractivity contribution < 1.29 is 4.79 Å². The first-order valence-corrected chi connectivity index (χ1v) is 7.92. The van der Waals surface area contributed by atoms with Gasteiger partial charge in [-0.3, -0.25) is 4.79 Å². The van der Waals surface area contributed by atoms with Gasteiger partial charge >= 0.3 is 0 Å². The normalized spacial score (nSPS) is 17.9. The number of fused-ring (bicyclic) bond motifs is 1. The summed E-state index contributed by atoms with van der Waals surface area (Å²) >= 11 is 1.65. The van der Waals surface area contributed by atoms with Crippen molar-refractivity contribution in [3.05, 3.63) is 21.4 Å². The van der Waals surface area contributed by atoms with Crippen molar-refractivity contribution in [1.29, 1.82) is 0 Å². The highest BCUT2D eigenvalue weighted by atomic mass is 32.1. The highest BCUT2D eigenvalue weighted by Crippen LogP contribution is 2.30. The van der Waals surface area contributed by atoms with Crippen LogP contribution >= 0.6 is 11.3 Å². The molecule has 0 saturated heterocycles. The quantitative estimate of drug-likeness (QED) is 0.891. The summed E-state index contributed by atoms with van der Waals surface area (Å²) in [7, 11) is 0. The Balaban J connectivity index is 2.13. The molecular weight excluding hydrogens is 256 g/mol. The number of rotatable bonds is 4. The van der Waals surface area contributed by atoms with E-state index in [2.05, 4.69) is 25.2 Å². The highest BCUT2D eigenvalue weighted by molar-refractivity contribution is 7.14. The molecule has 4 heteroatoms. The maximum atomic E-state index is 12.4. The molecule has 2 rings (SSSR count). The van der Waals surface area contributed by atoms with Crippen molar-refractivity contribution in [1.82, 2.24) is 5.32 Å². The molecular formula is C15H24N2OS. The Morgan fingerprint density at radius 3 is 2.74 bits per heavy atom. The molecule has 106 valence electrons. The van der Waals surface area contributed by atoms with Crippen LogP contribution in [0.3, 0.4) is 0 Å². The summed E-state index contributed by atoms with van der Waals surface area (Å²) in [5.41, 5.74) is 6.86. The summed E-state index contributed by atoms with van der Waals surface area (Å²) in [6, 6.07) is 2.08. The van der Waals surface area contributed by atoms with Crippen molar-refractivity contribution in [2.75, 3.05) is 6.54 Å². The molecule has 3 N–H and O–H groups in total. The lowest BCUT2D eigenvalue weighted by atomic mass is 9.88. The smallest absolute Gasteiger partial charge is 0.261 e. The fourth-order valence-corrected chi connectivity index (χ4v) is 3.50. The van der Waals surface area contributed by atoms with Gasteiger partial charge in [-0.05, 0) is 50.2 Å². The Kier molecular flexibility index (Phi) is 4.31. The van der Waals surface area contributed by atoms with Crippen LogP contribution in [0.15, 0.2) is 6.07 Å². The van der Waals surface area contributed by atoms with Crippen molar-refractivity contribution in [2.24, 2.45) is 11.7 Å². The van der Waals surface area contributed by atoms with Crippen LogP contribution in [-0.2, 0) is 12.8 Å². The molecule has 1 unspecified atom stereocenters. The predicted molar refractivity (Wildman–Crippen MR) is 80.7 cm³/mol. The van der Waals surface area contributed by atoms with E-state index in [9.17, 15) is 4.79 Å². The minimum atomic E-state index is -0.332. The summed E-state index contributed by atoms with van der Waals surface area (Å²) < 4.78 is 0. The van der Waals surface area contributed by atoms with E-state index in [1.54, 1.807) is 11.3 Å². The molecule has 0 spiro atoms. The second-order valence-electron chi connectivity index (χ2n) is 6.00. The molecule has 3 nitrogen and oxygen atoms in total. The zero-order valence-electron chi connectivity index (χ0n) is 12.1. The summed E-state index contributed by atoms with van der Waals surface area (Å²) in [5, 5.41) is 3.11. The van der Waals surface area contributed by atoms with Crippen LogP contribution in [0, 0.1) is 5.92 Å². The Morgan fingerprint density at radius 1 is 1.47 bits per heavy atom. The van der Waals surface area contributed by atoms with Gasteiger partial charge in [-0.2, -0.15) is 0 Å². The SMILES string of the molecule is CC(C)C(C)(CN)NC(=O)c1cc2c(s1)CCCC2. The average molecular weight is 280 g/mol. The van der Waals surface area contributed by atoms with E-state index in [4.69, 9.17) is 5.73 Å². The van der Waals surface area contributed by atoms with Crippen molar-refractivity contribution >= 4 is 17.2 Å². The van der Waals surface area contributed by atoms with Crippen LogP contribution in [0.4, 0.5) is 0 Å². The Morgan fingerprint density at radius 2 is 2.16 bits per heavy atom. The third kappa shape index (κ3) is 3.00. The van der Waals surface area contributed by atoms with Gasteiger partial charge in [0.15, 0.2) is 0 Å². The predicted octanol–water partition coefficient (Wildman–Crippen LogP) is 2.73. The summed E-state index contributed by atoms with van der Waals surface area (Å²) in [4.78, 5) is 14.6. The minimum absolute atomic E-state index is 0.0287. The highest BCUT2D eigenvalue weighted by Gasteiger charge is 2.29. The van der Waals surface area contributed by atoms with Crippen LogP contribution in [-0.4, -0.2) is 18.0 Å².